The molecule has 1 heterocycles. The van der Waals surface area contributed by atoms with E-state index >= 15 is 0 Å². The summed E-state index contributed by atoms with van der Waals surface area (Å²) in [5, 5.41) is 2.62. The molecule has 1 amide bonds. The van der Waals surface area contributed by atoms with E-state index in [1.807, 2.05) is 0 Å². The minimum atomic E-state index is -0.694. The lowest BCUT2D eigenvalue weighted by atomic mass is 10.1. The van der Waals surface area contributed by atoms with E-state index in [0.717, 1.165) is 12.1 Å². The first-order valence-electron chi connectivity index (χ1n) is 4.97. The molecule has 0 radical (unpaired) electrons. The van der Waals surface area contributed by atoms with Crippen LogP contribution < -0.4 is 5.32 Å². The van der Waals surface area contributed by atoms with Gasteiger partial charge < -0.3 is 10.1 Å². The number of hydrogen-bond acceptors (Lipinski definition) is 2. The molecule has 0 spiro atoms. The SMILES string of the molecule is O=C(Cc1c(F)cccc1F)NC1COC1. The van der Waals surface area contributed by atoms with Crippen LogP contribution in [0.1, 0.15) is 5.56 Å². The van der Waals surface area contributed by atoms with E-state index in [-0.39, 0.29) is 18.0 Å². The Morgan fingerprint density at radius 1 is 1.38 bits per heavy atom. The van der Waals surface area contributed by atoms with Crippen LogP contribution >= 0.6 is 0 Å². The lowest BCUT2D eigenvalue weighted by Crippen LogP contribution is -2.49. The molecule has 1 aliphatic rings. The third-order valence-electron chi connectivity index (χ3n) is 2.40. The molecule has 1 saturated heterocycles. The first kappa shape index (κ1) is 11.0. The monoisotopic (exact) mass is 227 g/mol. The summed E-state index contributed by atoms with van der Waals surface area (Å²) in [5.41, 5.74) is -0.194. The standard InChI is InChI=1S/C11H11F2NO2/c12-9-2-1-3-10(13)8(9)4-11(15)14-7-5-16-6-7/h1-3,7H,4-6H2,(H,14,15). The lowest BCUT2D eigenvalue weighted by molar-refractivity contribution is -0.124. The van der Waals surface area contributed by atoms with Gasteiger partial charge in [0.25, 0.3) is 0 Å². The van der Waals surface area contributed by atoms with Crippen molar-refractivity contribution in [2.24, 2.45) is 0 Å². The molecule has 5 heteroatoms. The van der Waals surface area contributed by atoms with E-state index in [9.17, 15) is 13.6 Å². The van der Waals surface area contributed by atoms with E-state index in [0.29, 0.717) is 13.2 Å². The Balaban J connectivity index is 1.99. The van der Waals surface area contributed by atoms with Gasteiger partial charge in [0, 0.05) is 5.56 Å². The fraction of sp³-hybridized carbons (Fsp3) is 0.364. The topological polar surface area (TPSA) is 38.3 Å². The van der Waals surface area contributed by atoms with Crippen LogP contribution in [0.5, 0.6) is 0 Å². The van der Waals surface area contributed by atoms with Gasteiger partial charge in [-0.3, -0.25) is 4.79 Å². The number of ether oxygens (including phenoxy) is 1. The van der Waals surface area contributed by atoms with E-state index in [4.69, 9.17) is 4.74 Å². The molecule has 1 aliphatic heterocycles. The molecule has 16 heavy (non-hydrogen) atoms. The summed E-state index contributed by atoms with van der Waals surface area (Å²) in [6.07, 6.45) is -0.283. The second kappa shape index (κ2) is 4.57. The van der Waals surface area contributed by atoms with Gasteiger partial charge >= 0.3 is 0 Å². The van der Waals surface area contributed by atoms with Crippen LogP contribution in [0.3, 0.4) is 0 Å². The van der Waals surface area contributed by atoms with Crippen LogP contribution in [0, 0.1) is 11.6 Å². The first-order chi connectivity index (χ1) is 7.66. The van der Waals surface area contributed by atoms with Gasteiger partial charge in [-0.15, -0.1) is 0 Å². The summed E-state index contributed by atoms with van der Waals surface area (Å²) in [6, 6.07) is 3.52. The normalized spacial score (nSPS) is 15.6. The van der Waals surface area contributed by atoms with Crippen LogP contribution in [-0.4, -0.2) is 25.2 Å². The Kier molecular flexibility index (Phi) is 3.14. The number of rotatable bonds is 3. The molecular formula is C11H11F2NO2. The minimum absolute atomic E-state index is 0.0256. The summed E-state index contributed by atoms with van der Waals surface area (Å²) >= 11 is 0. The number of halogens is 2. The molecule has 0 unspecified atom stereocenters. The predicted octanol–water partition coefficient (Wildman–Crippen LogP) is 1.02. The van der Waals surface area contributed by atoms with Crippen LogP contribution in [0.4, 0.5) is 8.78 Å². The third-order valence-corrected chi connectivity index (χ3v) is 2.40. The minimum Gasteiger partial charge on any atom is -0.377 e. The largest absolute Gasteiger partial charge is 0.377 e. The molecule has 0 bridgehead atoms. The van der Waals surface area contributed by atoms with Crippen molar-refractivity contribution in [3.05, 3.63) is 35.4 Å². The molecule has 0 aliphatic carbocycles. The Morgan fingerprint density at radius 3 is 2.50 bits per heavy atom. The number of carbonyl (C=O) groups excluding carboxylic acids is 1. The van der Waals surface area contributed by atoms with Crippen molar-refractivity contribution < 1.29 is 18.3 Å². The van der Waals surface area contributed by atoms with Gasteiger partial charge in [-0.05, 0) is 12.1 Å². The highest BCUT2D eigenvalue weighted by Crippen LogP contribution is 2.12. The van der Waals surface area contributed by atoms with Gasteiger partial charge in [0.05, 0.1) is 25.7 Å². The average molecular weight is 227 g/mol. The highest BCUT2D eigenvalue weighted by atomic mass is 19.1. The summed E-state index contributed by atoms with van der Waals surface area (Å²) in [4.78, 5) is 11.4. The maximum Gasteiger partial charge on any atom is 0.225 e. The fourth-order valence-electron chi connectivity index (χ4n) is 1.46. The highest BCUT2D eigenvalue weighted by Gasteiger charge is 2.21. The molecule has 1 aromatic rings. The molecule has 1 aromatic carbocycles. The van der Waals surface area contributed by atoms with Gasteiger partial charge in [0.15, 0.2) is 0 Å². The Hall–Kier alpha value is -1.49. The second-order valence-electron chi connectivity index (χ2n) is 3.68. The zero-order valence-electron chi connectivity index (χ0n) is 8.50. The number of amides is 1. The molecular weight excluding hydrogens is 216 g/mol. The molecule has 86 valence electrons. The Labute approximate surface area is 91.4 Å². The molecule has 0 saturated carbocycles. The van der Waals surface area contributed by atoms with Crippen LogP contribution in [-0.2, 0) is 16.0 Å². The fourth-order valence-corrected chi connectivity index (χ4v) is 1.46. The molecule has 3 nitrogen and oxygen atoms in total. The van der Waals surface area contributed by atoms with Gasteiger partial charge in [-0.25, -0.2) is 8.78 Å². The quantitative estimate of drug-likeness (QED) is 0.837. The number of nitrogens with one attached hydrogen (secondary N) is 1. The van der Waals surface area contributed by atoms with E-state index in [1.54, 1.807) is 0 Å². The molecule has 0 aromatic heterocycles. The molecule has 0 atom stereocenters. The van der Waals surface area contributed by atoms with Crippen molar-refractivity contribution >= 4 is 5.91 Å². The van der Waals surface area contributed by atoms with Gasteiger partial charge in [-0.2, -0.15) is 0 Å². The van der Waals surface area contributed by atoms with Crippen molar-refractivity contribution in [2.45, 2.75) is 12.5 Å². The predicted molar refractivity (Wildman–Crippen MR) is 52.8 cm³/mol. The number of carbonyl (C=O) groups is 1. The average Bonchev–Trinajstić information content (AvgIpc) is 2.18. The smallest absolute Gasteiger partial charge is 0.225 e. The summed E-state index contributed by atoms with van der Waals surface area (Å²) in [5.74, 6) is -1.78. The summed E-state index contributed by atoms with van der Waals surface area (Å²) < 4.78 is 31.3. The maximum absolute atomic E-state index is 13.2. The van der Waals surface area contributed by atoms with Crippen LogP contribution in [0.2, 0.25) is 0 Å². The van der Waals surface area contributed by atoms with Crippen molar-refractivity contribution in [3.8, 4) is 0 Å². The third kappa shape index (κ3) is 2.36. The van der Waals surface area contributed by atoms with E-state index in [2.05, 4.69) is 5.32 Å². The van der Waals surface area contributed by atoms with Crippen molar-refractivity contribution in [3.63, 3.8) is 0 Å². The van der Waals surface area contributed by atoms with E-state index in [1.165, 1.54) is 6.07 Å². The lowest BCUT2D eigenvalue weighted by Gasteiger charge is -2.26. The number of benzene rings is 1. The van der Waals surface area contributed by atoms with E-state index < -0.39 is 17.5 Å². The molecule has 1 N–H and O–H groups in total. The second-order valence-corrected chi connectivity index (χ2v) is 3.68. The van der Waals surface area contributed by atoms with Crippen LogP contribution in [0.25, 0.3) is 0 Å². The van der Waals surface area contributed by atoms with Crippen LogP contribution in [0.15, 0.2) is 18.2 Å². The highest BCUT2D eigenvalue weighted by molar-refractivity contribution is 5.79. The first-order valence-corrected chi connectivity index (χ1v) is 4.97. The van der Waals surface area contributed by atoms with Crippen molar-refractivity contribution in [2.75, 3.05) is 13.2 Å². The molecule has 1 fully saturated rings. The summed E-state index contributed by atoms with van der Waals surface area (Å²) in [6.45, 7) is 0.928. The number of hydrogen-bond donors (Lipinski definition) is 1. The van der Waals surface area contributed by atoms with Gasteiger partial charge in [0.1, 0.15) is 11.6 Å². The summed E-state index contributed by atoms with van der Waals surface area (Å²) in [7, 11) is 0. The Morgan fingerprint density at radius 2 is 2.00 bits per heavy atom. The maximum atomic E-state index is 13.2. The van der Waals surface area contributed by atoms with Crippen molar-refractivity contribution in [1.82, 2.24) is 5.32 Å². The van der Waals surface area contributed by atoms with Crippen molar-refractivity contribution in [1.29, 1.82) is 0 Å². The van der Waals surface area contributed by atoms with Gasteiger partial charge in [0.2, 0.25) is 5.91 Å². The zero-order valence-corrected chi connectivity index (χ0v) is 8.50. The molecule has 2 rings (SSSR count). The van der Waals surface area contributed by atoms with Gasteiger partial charge in [-0.1, -0.05) is 6.07 Å². The zero-order chi connectivity index (χ0) is 11.5. The Bertz CT molecular complexity index is 385.